The van der Waals surface area contributed by atoms with E-state index >= 15 is 0 Å². The van der Waals surface area contributed by atoms with Gasteiger partial charge in [0.2, 0.25) is 0 Å². The Bertz CT molecular complexity index is 1200. The number of nitrogens with zero attached hydrogens (tertiary/aromatic N) is 4. The molecule has 2 amide bonds. The molecule has 30 heavy (non-hydrogen) atoms. The summed E-state index contributed by atoms with van der Waals surface area (Å²) in [4.78, 5) is 33.5. The number of hydrogen-bond acceptors (Lipinski definition) is 6. The molecule has 10 heteroatoms. The van der Waals surface area contributed by atoms with Crippen LogP contribution in [0.25, 0.3) is 5.82 Å². The van der Waals surface area contributed by atoms with Crippen LogP contribution in [0.3, 0.4) is 0 Å². The summed E-state index contributed by atoms with van der Waals surface area (Å²) < 4.78 is 14.8. The zero-order valence-electron chi connectivity index (χ0n) is 15.7. The lowest BCUT2D eigenvalue weighted by molar-refractivity contribution is 0.101. The summed E-state index contributed by atoms with van der Waals surface area (Å²) in [6.45, 7) is 1.77. The quantitative estimate of drug-likeness (QED) is 0.511. The molecule has 0 atom stereocenters. The van der Waals surface area contributed by atoms with E-state index in [0.29, 0.717) is 26.9 Å². The smallest absolute Gasteiger partial charge is 0.266 e. The Morgan fingerprint density at radius 1 is 1.10 bits per heavy atom. The van der Waals surface area contributed by atoms with E-state index in [0.717, 1.165) is 17.4 Å². The second-order valence-electron chi connectivity index (χ2n) is 6.29. The number of carbonyl (C=O) groups is 2. The van der Waals surface area contributed by atoms with Gasteiger partial charge in [0.1, 0.15) is 18.5 Å². The Hall–Kier alpha value is -3.92. The van der Waals surface area contributed by atoms with Crippen LogP contribution in [0.5, 0.6) is 0 Å². The summed E-state index contributed by atoms with van der Waals surface area (Å²) >= 11 is 1.13. The molecule has 1 aromatic carbocycles. The van der Waals surface area contributed by atoms with Crippen LogP contribution in [0.4, 0.5) is 15.1 Å². The summed E-state index contributed by atoms with van der Waals surface area (Å²) in [7, 11) is 0. The fourth-order valence-electron chi connectivity index (χ4n) is 2.69. The van der Waals surface area contributed by atoms with E-state index in [4.69, 9.17) is 0 Å². The number of carbonyl (C=O) groups excluding carboxylic acids is 2. The van der Waals surface area contributed by atoms with E-state index in [1.807, 2.05) is 0 Å². The molecule has 0 aliphatic heterocycles. The van der Waals surface area contributed by atoms with E-state index in [-0.39, 0.29) is 11.5 Å². The molecule has 0 aliphatic carbocycles. The first kappa shape index (κ1) is 19.4. The van der Waals surface area contributed by atoms with Gasteiger partial charge in [-0.2, -0.15) is 5.10 Å². The highest BCUT2D eigenvalue weighted by atomic mass is 32.1. The molecule has 150 valence electrons. The molecule has 4 rings (SSSR count). The normalized spacial score (nSPS) is 10.6. The molecule has 2 N–H and O–H groups in total. The summed E-state index contributed by atoms with van der Waals surface area (Å²) in [5.41, 5.74) is 1.42. The Balaban J connectivity index is 1.44. The van der Waals surface area contributed by atoms with Gasteiger partial charge < -0.3 is 10.6 Å². The van der Waals surface area contributed by atoms with Crippen LogP contribution in [0.15, 0.2) is 61.3 Å². The first-order valence-corrected chi connectivity index (χ1v) is 9.61. The third-order valence-corrected chi connectivity index (χ3v) is 5.26. The first-order valence-electron chi connectivity index (χ1n) is 8.79. The maximum atomic E-state index is 13.3. The van der Waals surface area contributed by atoms with Crippen LogP contribution in [0, 0.1) is 12.7 Å². The molecule has 4 aromatic rings. The van der Waals surface area contributed by atoms with Crippen LogP contribution >= 0.6 is 11.3 Å². The van der Waals surface area contributed by atoms with Crippen molar-refractivity contribution in [1.29, 1.82) is 0 Å². The number of benzene rings is 1. The van der Waals surface area contributed by atoms with Gasteiger partial charge in [-0.15, -0.1) is 11.3 Å². The second kappa shape index (κ2) is 8.21. The summed E-state index contributed by atoms with van der Waals surface area (Å²) in [6, 6.07) is 10.5. The van der Waals surface area contributed by atoms with Crippen LogP contribution in [0.1, 0.15) is 25.6 Å². The lowest BCUT2D eigenvalue weighted by Gasteiger charge is -2.05. The minimum Gasteiger partial charge on any atom is -0.320 e. The molecule has 0 fully saturated rings. The molecule has 0 radical (unpaired) electrons. The highest BCUT2D eigenvalue weighted by Crippen LogP contribution is 2.28. The molecule has 3 aromatic heterocycles. The van der Waals surface area contributed by atoms with Gasteiger partial charge in [0.05, 0.1) is 21.8 Å². The minimum atomic E-state index is -0.492. The van der Waals surface area contributed by atoms with Crippen molar-refractivity contribution >= 4 is 33.8 Å². The molecule has 0 saturated carbocycles. The van der Waals surface area contributed by atoms with Gasteiger partial charge in [-0.3, -0.25) is 9.59 Å². The van der Waals surface area contributed by atoms with Gasteiger partial charge in [0.25, 0.3) is 11.8 Å². The predicted molar refractivity (Wildman–Crippen MR) is 111 cm³/mol. The van der Waals surface area contributed by atoms with Crippen LogP contribution in [-0.2, 0) is 0 Å². The van der Waals surface area contributed by atoms with Crippen molar-refractivity contribution in [3.63, 3.8) is 0 Å². The van der Waals surface area contributed by atoms with Gasteiger partial charge in [-0.25, -0.2) is 19.0 Å². The Kier molecular flexibility index (Phi) is 5.31. The lowest BCUT2D eigenvalue weighted by Crippen LogP contribution is -2.12. The fourth-order valence-corrected chi connectivity index (χ4v) is 3.66. The Morgan fingerprint density at radius 3 is 2.67 bits per heavy atom. The third kappa shape index (κ3) is 4.23. The maximum absolute atomic E-state index is 13.3. The van der Waals surface area contributed by atoms with Gasteiger partial charge >= 0.3 is 0 Å². The zero-order valence-corrected chi connectivity index (χ0v) is 16.5. The largest absolute Gasteiger partial charge is 0.320 e. The molecule has 3 heterocycles. The minimum absolute atomic E-state index is 0.200. The van der Waals surface area contributed by atoms with Crippen molar-refractivity contribution in [2.24, 2.45) is 0 Å². The third-order valence-electron chi connectivity index (χ3n) is 4.11. The number of halogens is 1. The summed E-state index contributed by atoms with van der Waals surface area (Å²) in [5, 5.41) is 9.96. The number of nitrogens with one attached hydrogen (secondary N) is 2. The highest BCUT2D eigenvalue weighted by Gasteiger charge is 2.16. The van der Waals surface area contributed by atoms with Gasteiger partial charge in [-0.1, -0.05) is 6.07 Å². The summed E-state index contributed by atoms with van der Waals surface area (Å²) in [5.74, 6) is -0.691. The first-order chi connectivity index (χ1) is 14.5. The van der Waals surface area contributed by atoms with E-state index in [2.05, 4.69) is 25.7 Å². The van der Waals surface area contributed by atoms with Crippen LogP contribution in [0.2, 0.25) is 0 Å². The average Bonchev–Trinajstić information content (AvgIpc) is 3.38. The van der Waals surface area contributed by atoms with E-state index < -0.39 is 11.7 Å². The summed E-state index contributed by atoms with van der Waals surface area (Å²) in [6.07, 6.45) is 4.45. The van der Waals surface area contributed by atoms with Gasteiger partial charge in [0, 0.05) is 5.56 Å². The molecule has 0 saturated heterocycles. The van der Waals surface area contributed by atoms with Gasteiger partial charge in [-0.05, 0) is 48.9 Å². The van der Waals surface area contributed by atoms with Crippen molar-refractivity contribution in [1.82, 2.24) is 19.7 Å². The van der Waals surface area contributed by atoms with Crippen molar-refractivity contribution in [3.8, 4) is 5.82 Å². The number of anilines is 2. The van der Waals surface area contributed by atoms with E-state index in [1.165, 1.54) is 41.7 Å². The fraction of sp³-hybridized carbons (Fsp3) is 0.0500. The number of hydrogen-bond donors (Lipinski definition) is 2. The predicted octanol–water partition coefficient (Wildman–Crippen LogP) is 3.68. The Labute approximate surface area is 174 Å². The molecular formula is C20H15FN6O2S. The second-order valence-corrected chi connectivity index (χ2v) is 7.34. The van der Waals surface area contributed by atoms with Crippen molar-refractivity contribution < 1.29 is 14.0 Å². The van der Waals surface area contributed by atoms with Gasteiger partial charge in [0.15, 0.2) is 5.82 Å². The number of amides is 2. The molecule has 0 unspecified atom stereocenters. The maximum Gasteiger partial charge on any atom is 0.266 e. The average molecular weight is 422 g/mol. The SMILES string of the molecule is Cc1cc(NC(=O)c2cccc(F)c2)sc1C(=O)Nc1ccc(-n2cncn2)nc1. The number of aromatic nitrogens is 4. The molecule has 0 spiro atoms. The number of rotatable bonds is 5. The molecule has 0 bridgehead atoms. The monoisotopic (exact) mass is 422 g/mol. The van der Waals surface area contributed by atoms with Crippen molar-refractivity contribution in [3.05, 3.63) is 83.1 Å². The molecular weight excluding hydrogens is 407 g/mol. The topological polar surface area (TPSA) is 102 Å². The zero-order chi connectivity index (χ0) is 21.1. The van der Waals surface area contributed by atoms with Crippen molar-refractivity contribution in [2.45, 2.75) is 6.92 Å². The van der Waals surface area contributed by atoms with E-state index in [1.54, 1.807) is 25.1 Å². The number of aryl methyl sites for hydroxylation is 1. The Morgan fingerprint density at radius 2 is 1.97 bits per heavy atom. The highest BCUT2D eigenvalue weighted by molar-refractivity contribution is 7.18. The molecule has 0 aliphatic rings. The number of pyridine rings is 1. The van der Waals surface area contributed by atoms with Crippen LogP contribution in [-0.4, -0.2) is 31.6 Å². The molecule has 8 nitrogen and oxygen atoms in total. The van der Waals surface area contributed by atoms with E-state index in [9.17, 15) is 14.0 Å². The van der Waals surface area contributed by atoms with Crippen molar-refractivity contribution in [2.75, 3.05) is 10.6 Å². The standard InChI is InChI=1S/C20H15FN6O2S/c1-12-7-17(26-19(28)13-3-2-4-14(21)8-13)30-18(12)20(29)25-15-5-6-16(23-9-15)27-11-22-10-24-27/h2-11H,1H3,(H,25,29)(H,26,28). The van der Waals surface area contributed by atoms with Crippen LogP contribution < -0.4 is 10.6 Å². The number of thiophene rings is 1. The lowest BCUT2D eigenvalue weighted by atomic mass is 10.2.